The molecule has 0 saturated heterocycles. The summed E-state index contributed by atoms with van der Waals surface area (Å²) in [6.07, 6.45) is -0.454. The molecular formula is C20H11N3O8-2. The number of aromatic nitrogens is 2. The lowest BCUT2D eigenvalue weighted by molar-refractivity contribution is -0.435. The normalized spacial score (nSPS) is 12.3. The van der Waals surface area contributed by atoms with Crippen molar-refractivity contribution in [2.45, 2.75) is 12.5 Å². The van der Waals surface area contributed by atoms with E-state index < -0.39 is 52.6 Å². The minimum absolute atomic E-state index is 0.0177. The maximum atomic E-state index is 12.6. The van der Waals surface area contributed by atoms with Crippen molar-refractivity contribution in [3.05, 3.63) is 51.8 Å². The van der Waals surface area contributed by atoms with E-state index in [4.69, 9.17) is 4.42 Å². The Morgan fingerprint density at radius 1 is 1.10 bits per heavy atom. The van der Waals surface area contributed by atoms with E-state index in [0.29, 0.717) is 6.07 Å². The molecule has 0 fully saturated rings. The van der Waals surface area contributed by atoms with Crippen molar-refractivity contribution >= 4 is 39.7 Å². The fourth-order valence-electron chi connectivity index (χ4n) is 3.19. The average Bonchev–Trinajstić information content (AvgIpc) is 2.71. The van der Waals surface area contributed by atoms with E-state index in [1.807, 2.05) is 0 Å². The molecule has 156 valence electrons. The zero-order valence-corrected chi connectivity index (χ0v) is 15.5. The lowest BCUT2D eigenvalue weighted by Gasteiger charge is -2.17. The number of fused-ring (bicyclic) bond motifs is 4. The van der Waals surface area contributed by atoms with E-state index in [1.54, 1.807) is 0 Å². The van der Waals surface area contributed by atoms with E-state index >= 15 is 0 Å². The quantitative estimate of drug-likeness (QED) is 0.199. The third-order valence-corrected chi connectivity index (χ3v) is 4.67. The van der Waals surface area contributed by atoms with Crippen molar-refractivity contribution in [1.82, 2.24) is 9.97 Å². The molecule has 2 heterocycles. The van der Waals surface area contributed by atoms with Gasteiger partial charge in [-0.05, 0) is 18.2 Å². The van der Waals surface area contributed by atoms with Crippen molar-refractivity contribution in [1.29, 1.82) is 0 Å². The predicted octanol–water partition coefficient (Wildman–Crippen LogP) is -2.79. The van der Waals surface area contributed by atoms with Crippen LogP contribution in [0.1, 0.15) is 27.3 Å². The number of hydrogen-bond donors (Lipinski definition) is 1. The van der Waals surface area contributed by atoms with Gasteiger partial charge < -0.3 is 35.1 Å². The smallest absolute Gasteiger partial charge is 0.208 e. The lowest BCUT2D eigenvalue weighted by atomic mass is 10.0. The Hall–Kier alpha value is -4.38. The molecule has 0 saturated carbocycles. The van der Waals surface area contributed by atoms with Crippen molar-refractivity contribution in [3.63, 3.8) is 0 Å². The van der Waals surface area contributed by atoms with Gasteiger partial charge in [-0.15, -0.1) is 0 Å². The van der Waals surface area contributed by atoms with Gasteiger partial charge >= 0.3 is 0 Å². The van der Waals surface area contributed by atoms with Gasteiger partial charge in [0.05, 0.1) is 24.1 Å². The van der Waals surface area contributed by atoms with Crippen LogP contribution in [0.25, 0.3) is 33.5 Å². The Labute approximate surface area is 171 Å². The molecule has 1 aromatic carbocycles. The number of carbonyl (C=O) groups is 3. The van der Waals surface area contributed by atoms with Gasteiger partial charge in [-0.25, -0.2) is 9.97 Å². The number of rotatable bonds is 5. The van der Waals surface area contributed by atoms with Gasteiger partial charge in [-0.3, -0.25) is 9.59 Å². The SMILES string of the molecule is [NH3+]C(CC(=O)c1cccc2oc3cc(=O)c4nc(C(=O)[O-])cc([O-])c4c-3nc12)C(=O)[O-]. The predicted molar refractivity (Wildman–Crippen MR) is 96.6 cm³/mol. The molecule has 31 heavy (non-hydrogen) atoms. The summed E-state index contributed by atoms with van der Waals surface area (Å²) in [7, 11) is 0. The van der Waals surface area contributed by atoms with E-state index in [0.717, 1.165) is 6.07 Å². The second-order valence-electron chi connectivity index (χ2n) is 6.75. The molecule has 1 aliphatic heterocycles. The van der Waals surface area contributed by atoms with Gasteiger partial charge in [0.15, 0.2) is 17.1 Å². The van der Waals surface area contributed by atoms with Crippen molar-refractivity contribution in [3.8, 4) is 17.2 Å². The number of carboxylic acids is 2. The van der Waals surface area contributed by atoms with Crippen LogP contribution in [-0.2, 0) is 4.79 Å². The minimum Gasteiger partial charge on any atom is -0.872 e. The lowest BCUT2D eigenvalue weighted by Crippen LogP contribution is -2.68. The van der Waals surface area contributed by atoms with Crippen LogP contribution in [0.5, 0.6) is 5.75 Å². The molecular weight excluding hydrogens is 410 g/mol. The number of aliphatic carboxylic acids is 1. The second-order valence-corrected chi connectivity index (χ2v) is 6.75. The van der Waals surface area contributed by atoms with Crippen LogP contribution < -0.4 is 26.5 Å². The number of carbonyl (C=O) groups excluding carboxylic acids is 3. The zero-order valence-electron chi connectivity index (χ0n) is 15.5. The number of para-hydroxylation sites is 1. The van der Waals surface area contributed by atoms with Crippen molar-refractivity contribution < 1.29 is 39.9 Å². The summed E-state index contributed by atoms with van der Waals surface area (Å²) >= 11 is 0. The summed E-state index contributed by atoms with van der Waals surface area (Å²) in [4.78, 5) is 55.0. The Morgan fingerprint density at radius 3 is 2.52 bits per heavy atom. The van der Waals surface area contributed by atoms with Gasteiger partial charge in [0.1, 0.15) is 22.8 Å². The van der Waals surface area contributed by atoms with Crippen LogP contribution in [0, 0.1) is 0 Å². The van der Waals surface area contributed by atoms with E-state index in [2.05, 4.69) is 15.7 Å². The fourth-order valence-corrected chi connectivity index (χ4v) is 3.19. The summed E-state index contributed by atoms with van der Waals surface area (Å²) in [5, 5.41) is 34.3. The van der Waals surface area contributed by atoms with Crippen LogP contribution in [0.2, 0.25) is 0 Å². The number of aromatic carboxylic acids is 1. The highest BCUT2D eigenvalue weighted by atomic mass is 16.4. The first-order valence-electron chi connectivity index (χ1n) is 8.84. The number of nitrogens with zero attached hydrogens (tertiary/aromatic N) is 2. The third kappa shape index (κ3) is 3.32. The molecule has 0 amide bonds. The molecule has 4 rings (SSSR count). The number of Topliss-reactive ketones (excluding diaryl/α,β-unsaturated/α-hetero) is 1. The largest absolute Gasteiger partial charge is 0.872 e. The summed E-state index contributed by atoms with van der Waals surface area (Å²) in [5.41, 5.74) is 1.51. The summed E-state index contributed by atoms with van der Waals surface area (Å²) in [6, 6.07) is 4.78. The molecule has 11 heteroatoms. The Morgan fingerprint density at radius 2 is 1.84 bits per heavy atom. The molecule has 0 radical (unpaired) electrons. The van der Waals surface area contributed by atoms with Gasteiger partial charge in [-0.2, -0.15) is 0 Å². The molecule has 11 nitrogen and oxygen atoms in total. The first-order chi connectivity index (χ1) is 14.7. The first kappa shape index (κ1) is 19.9. The number of hydrogen-bond acceptors (Lipinski definition) is 10. The zero-order chi connectivity index (χ0) is 22.4. The maximum absolute atomic E-state index is 12.6. The number of ketones is 1. The molecule has 0 bridgehead atoms. The first-order valence-corrected chi connectivity index (χ1v) is 8.84. The average molecular weight is 421 g/mol. The number of benzene rings is 2. The molecule has 3 N–H and O–H groups in total. The van der Waals surface area contributed by atoms with Crippen LogP contribution in [0.3, 0.4) is 0 Å². The monoisotopic (exact) mass is 421 g/mol. The highest BCUT2D eigenvalue weighted by Crippen LogP contribution is 2.34. The summed E-state index contributed by atoms with van der Waals surface area (Å²) < 4.78 is 5.66. The topological polar surface area (TPSA) is 204 Å². The van der Waals surface area contributed by atoms with Crippen LogP contribution in [0.15, 0.2) is 39.5 Å². The summed E-state index contributed by atoms with van der Waals surface area (Å²) in [6.45, 7) is 0. The minimum atomic E-state index is -1.72. The van der Waals surface area contributed by atoms with Gasteiger partial charge in [-0.1, -0.05) is 11.8 Å². The van der Waals surface area contributed by atoms with Gasteiger partial charge in [0, 0.05) is 17.0 Å². The van der Waals surface area contributed by atoms with Crippen LogP contribution in [0.4, 0.5) is 0 Å². The number of carboxylic acid groups (broad SMARTS) is 2. The van der Waals surface area contributed by atoms with Crippen molar-refractivity contribution in [2.75, 3.05) is 0 Å². The van der Waals surface area contributed by atoms with E-state index in [1.165, 1.54) is 18.2 Å². The van der Waals surface area contributed by atoms with Gasteiger partial charge in [0.2, 0.25) is 5.43 Å². The van der Waals surface area contributed by atoms with Crippen LogP contribution in [-0.4, -0.2) is 33.7 Å². The molecule has 0 spiro atoms. The highest BCUT2D eigenvalue weighted by Gasteiger charge is 2.22. The fraction of sp³-hybridized carbons (Fsp3) is 0.100. The van der Waals surface area contributed by atoms with Crippen molar-refractivity contribution in [2.24, 2.45) is 0 Å². The van der Waals surface area contributed by atoms with E-state index in [9.17, 15) is 34.5 Å². The molecule has 2 aromatic rings. The van der Waals surface area contributed by atoms with Gasteiger partial charge in [0.25, 0.3) is 0 Å². The Bertz CT molecular complexity index is 1440. The van der Waals surface area contributed by atoms with E-state index in [-0.39, 0.29) is 33.5 Å². The Balaban J connectivity index is 2.02. The Kier molecular flexibility index (Phi) is 4.59. The highest BCUT2D eigenvalue weighted by molar-refractivity contribution is 6.08. The third-order valence-electron chi connectivity index (χ3n) is 4.67. The van der Waals surface area contributed by atoms with Crippen LogP contribution >= 0.6 is 0 Å². The molecule has 2 aliphatic rings. The summed E-state index contributed by atoms with van der Waals surface area (Å²) in [5.74, 6) is -4.72. The maximum Gasteiger partial charge on any atom is 0.208 e. The molecule has 1 atom stereocenters. The molecule has 1 unspecified atom stereocenters. The molecule has 1 aliphatic carbocycles. The second kappa shape index (κ2) is 7.15. The standard InChI is InChI=1S/C20H13N3O8/c21-8(19(27)28)4-10(24)7-2-1-3-13-16(7)23-18-14(31-13)6-12(26)17-15(18)11(25)5-9(22-17)20(29)30/h1-3,5-6,8H,4,21H2,(H,22,25)(H,27,28)(H,29,30)/p-2. The molecule has 1 aromatic heterocycles. The number of quaternary nitrogens is 1. The number of pyridine rings is 1.